The highest BCUT2D eigenvalue weighted by molar-refractivity contribution is 5.88. The molecule has 2 aliphatic heterocycles. The van der Waals surface area contributed by atoms with E-state index in [1.54, 1.807) is 0 Å². The zero-order chi connectivity index (χ0) is 21.1. The van der Waals surface area contributed by atoms with Gasteiger partial charge in [-0.3, -0.25) is 4.99 Å². The molecule has 0 bridgehead atoms. The number of morpholine rings is 1. The molecule has 4 nitrogen and oxygen atoms in total. The third kappa shape index (κ3) is 4.29. The fourth-order valence-electron chi connectivity index (χ4n) is 4.53. The lowest BCUT2D eigenvalue weighted by molar-refractivity contribution is 0.122. The van der Waals surface area contributed by atoms with Crippen molar-refractivity contribution in [1.82, 2.24) is 0 Å². The predicted molar refractivity (Wildman–Crippen MR) is 129 cm³/mol. The van der Waals surface area contributed by atoms with Crippen LogP contribution in [0.15, 0.2) is 53.5 Å². The van der Waals surface area contributed by atoms with E-state index < -0.39 is 0 Å². The Morgan fingerprint density at radius 1 is 1.07 bits per heavy atom. The molecule has 158 valence electrons. The first-order chi connectivity index (χ1) is 14.5. The molecule has 1 saturated heterocycles. The van der Waals surface area contributed by atoms with E-state index >= 15 is 0 Å². The Morgan fingerprint density at radius 2 is 1.80 bits per heavy atom. The maximum absolute atomic E-state index is 5.44. The van der Waals surface area contributed by atoms with Crippen LogP contribution in [0.5, 0.6) is 0 Å². The van der Waals surface area contributed by atoms with Gasteiger partial charge in [-0.15, -0.1) is 0 Å². The van der Waals surface area contributed by atoms with Crippen LogP contribution < -0.4 is 9.80 Å². The van der Waals surface area contributed by atoms with Crippen LogP contribution in [-0.4, -0.2) is 44.6 Å². The van der Waals surface area contributed by atoms with E-state index in [2.05, 4.69) is 86.0 Å². The van der Waals surface area contributed by atoms with E-state index in [9.17, 15) is 0 Å². The summed E-state index contributed by atoms with van der Waals surface area (Å²) in [4.78, 5) is 9.59. The summed E-state index contributed by atoms with van der Waals surface area (Å²) >= 11 is 0. The lowest BCUT2D eigenvalue weighted by Crippen LogP contribution is -2.45. The molecule has 1 fully saturated rings. The maximum atomic E-state index is 5.44. The molecule has 0 radical (unpaired) electrons. The summed E-state index contributed by atoms with van der Waals surface area (Å²) in [7, 11) is 0. The van der Waals surface area contributed by atoms with Crippen LogP contribution in [0.2, 0.25) is 0 Å². The SMILES string of the molecule is CCCN1c2ccc(C=Nc3ccc(N4CCOCC4)cc3)cc2C(C)=CC1(C)C. The molecule has 0 aliphatic carbocycles. The number of anilines is 2. The highest BCUT2D eigenvalue weighted by Crippen LogP contribution is 2.39. The molecular formula is C26H33N3O. The molecule has 2 heterocycles. The maximum Gasteiger partial charge on any atom is 0.0642 e. The van der Waals surface area contributed by atoms with Crippen LogP contribution in [0.25, 0.3) is 5.57 Å². The normalized spacial score (nSPS) is 18.5. The molecule has 2 aliphatic rings. The van der Waals surface area contributed by atoms with Crippen molar-refractivity contribution in [1.29, 1.82) is 0 Å². The van der Waals surface area contributed by atoms with Gasteiger partial charge in [0.05, 0.1) is 24.4 Å². The van der Waals surface area contributed by atoms with Crippen molar-refractivity contribution >= 4 is 28.8 Å². The molecule has 0 atom stereocenters. The number of allylic oxidation sites excluding steroid dienone is 1. The average Bonchev–Trinajstić information content (AvgIpc) is 2.76. The van der Waals surface area contributed by atoms with Crippen LogP contribution in [-0.2, 0) is 4.74 Å². The standard InChI is InChI=1S/C26H33N3O/c1-5-12-29-25-11-6-21(17-24(25)20(2)18-26(29,3)4)19-27-22-7-9-23(10-8-22)28-13-15-30-16-14-28/h6-11,17-19H,5,12-16H2,1-4H3. The number of fused-ring (bicyclic) bond motifs is 1. The van der Waals surface area contributed by atoms with Gasteiger partial charge in [0.25, 0.3) is 0 Å². The van der Waals surface area contributed by atoms with Crippen LogP contribution in [0.3, 0.4) is 0 Å². The van der Waals surface area contributed by atoms with Gasteiger partial charge >= 0.3 is 0 Å². The van der Waals surface area contributed by atoms with E-state index in [0.717, 1.165) is 50.5 Å². The third-order valence-electron chi connectivity index (χ3n) is 6.04. The summed E-state index contributed by atoms with van der Waals surface area (Å²) in [5.74, 6) is 0. The lowest BCUT2D eigenvalue weighted by atomic mass is 9.88. The van der Waals surface area contributed by atoms with E-state index in [4.69, 9.17) is 9.73 Å². The molecule has 0 unspecified atom stereocenters. The minimum atomic E-state index is 0.0466. The van der Waals surface area contributed by atoms with Crippen molar-refractivity contribution in [2.24, 2.45) is 4.99 Å². The Bertz CT molecular complexity index is 937. The first-order valence-corrected chi connectivity index (χ1v) is 11.1. The Hall–Kier alpha value is -2.59. The minimum absolute atomic E-state index is 0.0466. The molecule has 0 saturated carbocycles. The smallest absolute Gasteiger partial charge is 0.0642 e. The van der Waals surface area contributed by atoms with Gasteiger partial charge in [0, 0.05) is 42.8 Å². The van der Waals surface area contributed by atoms with Gasteiger partial charge in [-0.2, -0.15) is 0 Å². The highest BCUT2D eigenvalue weighted by atomic mass is 16.5. The molecule has 2 aromatic rings. The summed E-state index contributed by atoms with van der Waals surface area (Å²) in [5.41, 5.74) is 7.38. The number of benzene rings is 2. The van der Waals surface area contributed by atoms with E-state index in [0.29, 0.717) is 0 Å². The van der Waals surface area contributed by atoms with E-state index in [1.165, 1.54) is 22.5 Å². The first-order valence-electron chi connectivity index (χ1n) is 11.1. The quantitative estimate of drug-likeness (QED) is 0.601. The van der Waals surface area contributed by atoms with Gasteiger partial charge in [0.15, 0.2) is 0 Å². The van der Waals surface area contributed by atoms with Gasteiger partial charge in [-0.25, -0.2) is 0 Å². The topological polar surface area (TPSA) is 28.1 Å². The number of ether oxygens (including phenoxy) is 1. The Balaban J connectivity index is 1.53. The van der Waals surface area contributed by atoms with Crippen molar-refractivity contribution in [2.45, 2.75) is 39.7 Å². The summed E-state index contributed by atoms with van der Waals surface area (Å²) < 4.78 is 5.44. The van der Waals surface area contributed by atoms with Crippen LogP contribution in [0, 0.1) is 0 Å². The molecular weight excluding hydrogens is 370 g/mol. The fourth-order valence-corrected chi connectivity index (χ4v) is 4.53. The Kier molecular flexibility index (Phi) is 5.96. The zero-order valence-corrected chi connectivity index (χ0v) is 18.7. The second kappa shape index (κ2) is 8.65. The Labute approximate surface area is 180 Å². The summed E-state index contributed by atoms with van der Waals surface area (Å²) in [5, 5.41) is 0. The molecule has 2 aromatic carbocycles. The molecule has 0 aromatic heterocycles. The number of hydrogen-bond donors (Lipinski definition) is 0. The summed E-state index contributed by atoms with van der Waals surface area (Å²) in [6, 6.07) is 15.2. The van der Waals surface area contributed by atoms with Crippen molar-refractivity contribution in [3.8, 4) is 0 Å². The van der Waals surface area contributed by atoms with Crippen molar-refractivity contribution in [2.75, 3.05) is 42.6 Å². The monoisotopic (exact) mass is 403 g/mol. The largest absolute Gasteiger partial charge is 0.378 e. The van der Waals surface area contributed by atoms with Gasteiger partial charge in [0.2, 0.25) is 0 Å². The van der Waals surface area contributed by atoms with E-state index in [1.807, 2.05) is 6.21 Å². The summed E-state index contributed by atoms with van der Waals surface area (Å²) in [6.45, 7) is 13.6. The van der Waals surface area contributed by atoms with Gasteiger partial charge in [0.1, 0.15) is 0 Å². The van der Waals surface area contributed by atoms with Crippen LogP contribution in [0.1, 0.15) is 45.2 Å². The van der Waals surface area contributed by atoms with Crippen molar-refractivity contribution in [3.63, 3.8) is 0 Å². The number of nitrogens with zero attached hydrogens (tertiary/aromatic N) is 3. The Morgan fingerprint density at radius 3 is 2.50 bits per heavy atom. The van der Waals surface area contributed by atoms with Gasteiger partial charge < -0.3 is 14.5 Å². The second-order valence-corrected chi connectivity index (χ2v) is 8.78. The zero-order valence-electron chi connectivity index (χ0n) is 18.7. The third-order valence-corrected chi connectivity index (χ3v) is 6.04. The first kappa shape index (κ1) is 20.7. The second-order valence-electron chi connectivity index (χ2n) is 8.78. The number of aliphatic imine (C=N–C) groups is 1. The van der Waals surface area contributed by atoms with Crippen LogP contribution >= 0.6 is 0 Å². The minimum Gasteiger partial charge on any atom is -0.378 e. The highest BCUT2D eigenvalue weighted by Gasteiger charge is 2.30. The molecule has 4 rings (SSSR count). The lowest BCUT2D eigenvalue weighted by Gasteiger charge is -2.43. The van der Waals surface area contributed by atoms with Crippen LogP contribution in [0.4, 0.5) is 17.1 Å². The van der Waals surface area contributed by atoms with Gasteiger partial charge in [-0.1, -0.05) is 19.1 Å². The number of rotatable bonds is 5. The molecule has 4 heteroatoms. The van der Waals surface area contributed by atoms with E-state index in [-0.39, 0.29) is 5.54 Å². The van der Waals surface area contributed by atoms with Crippen molar-refractivity contribution in [3.05, 3.63) is 59.7 Å². The van der Waals surface area contributed by atoms with Gasteiger partial charge in [-0.05, 0) is 74.7 Å². The molecule has 0 amide bonds. The average molecular weight is 404 g/mol. The van der Waals surface area contributed by atoms with Crippen molar-refractivity contribution < 1.29 is 4.74 Å². The molecule has 30 heavy (non-hydrogen) atoms. The summed E-state index contributed by atoms with van der Waals surface area (Å²) in [6.07, 6.45) is 5.50. The molecule has 0 N–H and O–H groups in total. The number of hydrogen-bond acceptors (Lipinski definition) is 4. The molecule has 0 spiro atoms. The predicted octanol–water partition coefficient (Wildman–Crippen LogP) is 5.69. The fraction of sp³-hybridized carbons (Fsp3) is 0.423.